The number of likely N-dealkylation sites (N-methyl/N-ethyl adjacent to an activating group) is 2. The van der Waals surface area contributed by atoms with Crippen molar-refractivity contribution in [2.45, 2.75) is 0 Å². The normalized spacial score (nSPS) is 12.2. The molecular weight excluding hydrogens is 412 g/mol. The van der Waals surface area contributed by atoms with Gasteiger partial charge < -0.3 is 30.5 Å². The number of nitrogens with zero attached hydrogens (tertiary/aromatic N) is 3. The van der Waals surface area contributed by atoms with E-state index in [0.717, 1.165) is 12.6 Å². The Labute approximate surface area is 184 Å². The predicted octanol–water partition coefficient (Wildman–Crippen LogP) is -0.958. The number of phenols is 1. The van der Waals surface area contributed by atoms with E-state index in [1.807, 2.05) is 38.0 Å². The summed E-state index contributed by atoms with van der Waals surface area (Å²) in [6, 6.07) is 3.78. The van der Waals surface area contributed by atoms with Crippen LogP contribution in [0.2, 0.25) is 0 Å². The molecule has 2 aromatic carbocycles. The number of phenolic OH excluding ortho intramolecular Hbond substituents is 1. The summed E-state index contributed by atoms with van der Waals surface area (Å²) in [5, 5.41) is 16.5. The summed E-state index contributed by atoms with van der Waals surface area (Å²) < 4.78 is 0. The van der Waals surface area contributed by atoms with Gasteiger partial charge in [-0.15, -0.1) is 0 Å². The Morgan fingerprint density at radius 1 is 1.03 bits per heavy atom. The molecule has 0 unspecified atom stereocenters. The molecule has 1 heterocycles. The van der Waals surface area contributed by atoms with Crippen LogP contribution in [0.4, 0.5) is 0 Å². The SMILES string of the molecule is CN(C)CCN/C=c1/c(O)cc(=O)c2[nH]c3c(C(=O)NCCN(C)C)ccc(=O)c3nc12. The molecule has 0 aliphatic heterocycles. The fourth-order valence-electron chi connectivity index (χ4n) is 3.21. The van der Waals surface area contributed by atoms with E-state index in [9.17, 15) is 19.5 Å². The second-order valence-corrected chi connectivity index (χ2v) is 8.06. The number of fused-ring (bicyclic) bond motifs is 2. The van der Waals surface area contributed by atoms with E-state index < -0.39 is 10.9 Å². The number of benzene rings is 2. The molecule has 0 atom stereocenters. The number of hydrogen-bond acceptors (Lipinski definition) is 8. The predicted molar refractivity (Wildman–Crippen MR) is 125 cm³/mol. The van der Waals surface area contributed by atoms with Crippen LogP contribution in [0.5, 0.6) is 5.75 Å². The zero-order chi connectivity index (χ0) is 23.4. The fraction of sp³-hybridized carbons (Fsp3) is 0.364. The average Bonchev–Trinajstić information content (AvgIpc) is 2.72. The number of aromatic hydroxyl groups is 1. The Bertz CT molecular complexity index is 1320. The molecule has 1 amide bonds. The van der Waals surface area contributed by atoms with Crippen molar-refractivity contribution >= 4 is 34.2 Å². The highest BCUT2D eigenvalue weighted by Gasteiger charge is 2.16. The van der Waals surface area contributed by atoms with Gasteiger partial charge in [-0.25, -0.2) is 4.98 Å². The standard InChI is InChI=1S/C22H28N6O4/c1-27(2)9-7-23-12-14-16(30)11-17(31)21-19(14)26-20-15(29)6-5-13(18(20)25-21)22(32)24-8-10-28(3)4/h5-6,11-12,23,25,30H,7-10H2,1-4H3,(H,24,32)/b14-12-. The summed E-state index contributed by atoms with van der Waals surface area (Å²) in [5.41, 5.74) is -0.217. The molecule has 0 bridgehead atoms. The molecule has 0 aliphatic carbocycles. The van der Waals surface area contributed by atoms with Gasteiger partial charge in [0.1, 0.15) is 22.3 Å². The van der Waals surface area contributed by atoms with Gasteiger partial charge in [0.15, 0.2) is 0 Å². The summed E-state index contributed by atoms with van der Waals surface area (Å²) in [5.74, 6) is -0.622. The average molecular weight is 441 g/mol. The molecule has 0 saturated carbocycles. The van der Waals surface area contributed by atoms with E-state index in [4.69, 9.17) is 0 Å². The van der Waals surface area contributed by atoms with E-state index >= 15 is 0 Å². The third-order valence-corrected chi connectivity index (χ3v) is 4.94. The van der Waals surface area contributed by atoms with Gasteiger partial charge in [0.05, 0.1) is 16.3 Å². The summed E-state index contributed by atoms with van der Waals surface area (Å²) in [4.78, 5) is 49.0. The van der Waals surface area contributed by atoms with Crippen molar-refractivity contribution in [3.63, 3.8) is 0 Å². The van der Waals surface area contributed by atoms with Crippen LogP contribution in [0.1, 0.15) is 10.4 Å². The van der Waals surface area contributed by atoms with Gasteiger partial charge in [-0.1, -0.05) is 0 Å². The molecule has 32 heavy (non-hydrogen) atoms. The van der Waals surface area contributed by atoms with Gasteiger partial charge in [-0.3, -0.25) is 14.4 Å². The van der Waals surface area contributed by atoms with Crippen molar-refractivity contribution in [3.8, 4) is 5.75 Å². The fourth-order valence-corrected chi connectivity index (χ4v) is 3.21. The van der Waals surface area contributed by atoms with Gasteiger partial charge >= 0.3 is 0 Å². The maximum Gasteiger partial charge on any atom is 0.253 e. The van der Waals surface area contributed by atoms with E-state index in [2.05, 4.69) is 20.6 Å². The third kappa shape index (κ3) is 5.04. The largest absolute Gasteiger partial charge is 0.507 e. The molecule has 0 fully saturated rings. The van der Waals surface area contributed by atoms with Crippen LogP contribution in [0.3, 0.4) is 0 Å². The minimum absolute atomic E-state index is 0.0192. The topological polar surface area (TPSA) is 131 Å². The lowest BCUT2D eigenvalue weighted by atomic mass is 10.1. The number of aromatic amines is 1. The zero-order valence-electron chi connectivity index (χ0n) is 18.7. The van der Waals surface area contributed by atoms with Crippen molar-refractivity contribution in [1.82, 2.24) is 30.4 Å². The Morgan fingerprint density at radius 3 is 2.41 bits per heavy atom. The Morgan fingerprint density at radius 2 is 1.72 bits per heavy atom. The molecule has 3 rings (SSSR count). The lowest BCUT2D eigenvalue weighted by Gasteiger charge is -2.12. The molecule has 10 nitrogen and oxygen atoms in total. The summed E-state index contributed by atoms with van der Waals surface area (Å²) >= 11 is 0. The first-order valence-electron chi connectivity index (χ1n) is 10.2. The first-order chi connectivity index (χ1) is 15.2. The van der Waals surface area contributed by atoms with Crippen molar-refractivity contribution < 1.29 is 9.90 Å². The highest BCUT2D eigenvalue weighted by Crippen LogP contribution is 2.15. The van der Waals surface area contributed by atoms with Crippen molar-refractivity contribution in [2.75, 3.05) is 54.4 Å². The lowest BCUT2D eigenvalue weighted by molar-refractivity contribution is 0.0952. The summed E-state index contributed by atoms with van der Waals surface area (Å²) in [7, 11) is 7.67. The molecule has 0 spiro atoms. The Kier molecular flexibility index (Phi) is 7.06. The number of nitrogens with one attached hydrogen (secondary N) is 3. The van der Waals surface area contributed by atoms with Crippen LogP contribution in [0, 0.1) is 0 Å². The number of carbonyl (C=O) groups excluding carboxylic acids is 1. The Hall–Kier alpha value is -3.50. The van der Waals surface area contributed by atoms with E-state index in [-0.39, 0.29) is 44.5 Å². The Balaban J connectivity index is 2.14. The zero-order valence-corrected chi connectivity index (χ0v) is 18.7. The van der Waals surface area contributed by atoms with Gasteiger partial charge in [0, 0.05) is 38.4 Å². The summed E-state index contributed by atoms with van der Waals surface area (Å²) in [6.45, 7) is 2.44. The highest BCUT2D eigenvalue weighted by atomic mass is 16.3. The number of rotatable bonds is 8. The van der Waals surface area contributed by atoms with Crippen molar-refractivity contribution in [3.05, 3.63) is 49.4 Å². The molecule has 0 aliphatic rings. The molecule has 1 aromatic heterocycles. The number of hydrogen-bond donors (Lipinski definition) is 4. The molecule has 0 saturated heterocycles. The van der Waals surface area contributed by atoms with Gasteiger partial charge in [0.2, 0.25) is 10.9 Å². The van der Waals surface area contributed by atoms with Gasteiger partial charge in [-0.05, 0) is 40.3 Å². The first-order valence-corrected chi connectivity index (χ1v) is 10.2. The molecule has 0 radical (unpaired) electrons. The minimum atomic E-state index is -0.493. The van der Waals surface area contributed by atoms with E-state index in [0.29, 0.717) is 19.6 Å². The maximum atomic E-state index is 12.7. The van der Waals surface area contributed by atoms with Crippen molar-refractivity contribution in [2.24, 2.45) is 0 Å². The molecular formula is C22H28N6O4. The van der Waals surface area contributed by atoms with Gasteiger partial charge in [-0.2, -0.15) is 0 Å². The number of H-pyrrole nitrogens is 1. The smallest absolute Gasteiger partial charge is 0.253 e. The first kappa shape index (κ1) is 23.2. The maximum absolute atomic E-state index is 12.7. The monoisotopic (exact) mass is 440 g/mol. The van der Waals surface area contributed by atoms with Crippen LogP contribution in [-0.2, 0) is 0 Å². The molecule has 3 aromatic rings. The second kappa shape index (κ2) is 9.75. The molecule has 10 heteroatoms. The minimum Gasteiger partial charge on any atom is -0.507 e. The quantitative estimate of drug-likeness (QED) is 0.260. The third-order valence-electron chi connectivity index (χ3n) is 4.94. The van der Waals surface area contributed by atoms with Crippen LogP contribution < -0.4 is 26.7 Å². The molecule has 4 N–H and O–H groups in total. The van der Waals surface area contributed by atoms with Crippen molar-refractivity contribution in [1.29, 1.82) is 0 Å². The number of carbonyl (C=O) groups is 1. The lowest BCUT2D eigenvalue weighted by Crippen LogP contribution is -2.32. The highest BCUT2D eigenvalue weighted by molar-refractivity contribution is 6.06. The second-order valence-electron chi connectivity index (χ2n) is 8.06. The van der Waals surface area contributed by atoms with Crippen LogP contribution in [0.25, 0.3) is 28.3 Å². The van der Waals surface area contributed by atoms with Gasteiger partial charge in [0.25, 0.3) is 5.91 Å². The molecule has 170 valence electrons. The number of amides is 1. The van der Waals surface area contributed by atoms with E-state index in [1.165, 1.54) is 12.1 Å². The van der Waals surface area contributed by atoms with Crippen LogP contribution in [-0.4, -0.2) is 85.2 Å². The summed E-state index contributed by atoms with van der Waals surface area (Å²) in [6.07, 6.45) is 1.57. The number of aromatic nitrogens is 2. The van der Waals surface area contributed by atoms with Crippen LogP contribution >= 0.6 is 0 Å². The van der Waals surface area contributed by atoms with E-state index in [1.54, 1.807) is 6.20 Å². The van der Waals surface area contributed by atoms with Crippen LogP contribution in [0.15, 0.2) is 27.8 Å².